The van der Waals surface area contributed by atoms with Crippen LogP contribution in [0.3, 0.4) is 0 Å². The molecule has 0 radical (unpaired) electrons. The topological polar surface area (TPSA) is 44.7 Å². The first-order valence-electron chi connectivity index (χ1n) is 9.90. The fourth-order valence-electron chi connectivity index (χ4n) is 3.79. The highest BCUT2D eigenvalue weighted by atomic mass is 16.5. The van der Waals surface area contributed by atoms with Gasteiger partial charge in [0.15, 0.2) is 5.82 Å². The molecule has 3 heterocycles. The standard InChI is InChI=1S/C21H29N5O/c1-17(25-13-15-27-16-14-25)18-3-5-19(6-4-18)20-7-8-21(23-22-20)26-11-9-24(2)10-12-26/h3-8,17H,9-16H2,1-2H3/t17-/m0/s1. The van der Waals surface area contributed by atoms with Crippen LogP contribution >= 0.6 is 0 Å². The zero-order chi connectivity index (χ0) is 18.6. The van der Waals surface area contributed by atoms with Gasteiger partial charge >= 0.3 is 0 Å². The van der Waals surface area contributed by atoms with Crippen LogP contribution in [0.5, 0.6) is 0 Å². The van der Waals surface area contributed by atoms with Crippen molar-refractivity contribution in [1.29, 1.82) is 0 Å². The molecular weight excluding hydrogens is 338 g/mol. The molecule has 2 fully saturated rings. The van der Waals surface area contributed by atoms with Gasteiger partial charge in [-0.05, 0) is 31.7 Å². The second-order valence-corrected chi connectivity index (χ2v) is 7.51. The molecule has 1 atom stereocenters. The zero-order valence-corrected chi connectivity index (χ0v) is 16.3. The van der Waals surface area contributed by atoms with Gasteiger partial charge < -0.3 is 14.5 Å². The molecule has 6 heteroatoms. The number of piperazine rings is 1. The van der Waals surface area contributed by atoms with Crippen LogP contribution in [0.25, 0.3) is 11.3 Å². The minimum atomic E-state index is 0.411. The Bertz CT molecular complexity index is 719. The van der Waals surface area contributed by atoms with Gasteiger partial charge in [-0.25, -0.2) is 0 Å². The lowest BCUT2D eigenvalue weighted by Gasteiger charge is -2.33. The number of benzene rings is 1. The molecule has 2 aliphatic rings. The van der Waals surface area contributed by atoms with Crippen molar-refractivity contribution in [2.75, 3.05) is 64.4 Å². The molecule has 1 aromatic carbocycles. The third-order valence-corrected chi connectivity index (χ3v) is 5.76. The molecule has 0 N–H and O–H groups in total. The number of nitrogens with zero attached hydrogens (tertiary/aromatic N) is 5. The first-order valence-corrected chi connectivity index (χ1v) is 9.90. The van der Waals surface area contributed by atoms with Crippen LogP contribution < -0.4 is 4.90 Å². The molecular formula is C21H29N5O. The van der Waals surface area contributed by atoms with Crippen molar-refractivity contribution < 1.29 is 4.74 Å². The summed E-state index contributed by atoms with van der Waals surface area (Å²) in [5.41, 5.74) is 3.38. The number of anilines is 1. The Hall–Kier alpha value is -2.02. The van der Waals surface area contributed by atoms with Crippen LogP contribution in [0, 0.1) is 0 Å². The third-order valence-electron chi connectivity index (χ3n) is 5.76. The Kier molecular flexibility index (Phi) is 5.66. The molecule has 27 heavy (non-hydrogen) atoms. The van der Waals surface area contributed by atoms with E-state index in [9.17, 15) is 0 Å². The lowest BCUT2D eigenvalue weighted by Crippen LogP contribution is -2.44. The average molecular weight is 367 g/mol. The summed E-state index contributed by atoms with van der Waals surface area (Å²) in [5.74, 6) is 0.976. The van der Waals surface area contributed by atoms with Gasteiger partial charge in [0.05, 0.1) is 18.9 Å². The van der Waals surface area contributed by atoms with E-state index in [2.05, 4.69) is 75.3 Å². The molecule has 1 aromatic heterocycles. The maximum Gasteiger partial charge on any atom is 0.151 e. The Balaban J connectivity index is 1.42. The Morgan fingerprint density at radius 2 is 1.56 bits per heavy atom. The van der Waals surface area contributed by atoms with Gasteiger partial charge in [-0.1, -0.05) is 24.3 Å². The van der Waals surface area contributed by atoms with Gasteiger partial charge in [-0.3, -0.25) is 4.90 Å². The molecule has 0 bridgehead atoms. The van der Waals surface area contributed by atoms with E-state index in [1.807, 2.05) is 0 Å². The smallest absolute Gasteiger partial charge is 0.151 e. The molecule has 2 aliphatic heterocycles. The second kappa shape index (κ2) is 8.33. The number of hydrogen-bond donors (Lipinski definition) is 0. The molecule has 0 spiro atoms. The predicted octanol–water partition coefficient (Wildman–Crippen LogP) is 2.29. The molecule has 2 saturated heterocycles. The number of ether oxygens (including phenoxy) is 1. The summed E-state index contributed by atoms with van der Waals surface area (Å²) in [6.07, 6.45) is 0. The maximum absolute atomic E-state index is 5.46. The fourth-order valence-corrected chi connectivity index (χ4v) is 3.79. The minimum absolute atomic E-state index is 0.411. The number of hydrogen-bond acceptors (Lipinski definition) is 6. The third kappa shape index (κ3) is 4.29. The van der Waals surface area contributed by atoms with Crippen molar-refractivity contribution in [1.82, 2.24) is 20.0 Å². The van der Waals surface area contributed by atoms with E-state index < -0.39 is 0 Å². The highest BCUT2D eigenvalue weighted by molar-refractivity contribution is 5.60. The van der Waals surface area contributed by atoms with E-state index in [4.69, 9.17) is 4.74 Å². The molecule has 0 unspecified atom stereocenters. The van der Waals surface area contributed by atoms with Crippen molar-refractivity contribution in [2.24, 2.45) is 0 Å². The van der Waals surface area contributed by atoms with Gasteiger partial charge in [0.25, 0.3) is 0 Å². The summed E-state index contributed by atoms with van der Waals surface area (Å²) in [6.45, 7) is 10.1. The van der Waals surface area contributed by atoms with Gasteiger partial charge in [0, 0.05) is 50.9 Å². The average Bonchev–Trinajstić information content (AvgIpc) is 2.75. The van der Waals surface area contributed by atoms with Gasteiger partial charge in [-0.2, -0.15) is 0 Å². The van der Waals surface area contributed by atoms with Gasteiger partial charge in [0.2, 0.25) is 0 Å². The lowest BCUT2D eigenvalue weighted by molar-refractivity contribution is 0.0198. The Labute approximate surface area is 161 Å². The van der Waals surface area contributed by atoms with Crippen LogP contribution in [-0.2, 0) is 4.74 Å². The molecule has 0 saturated carbocycles. The molecule has 4 rings (SSSR count). The van der Waals surface area contributed by atoms with E-state index in [0.717, 1.165) is 69.6 Å². The van der Waals surface area contributed by atoms with E-state index >= 15 is 0 Å². The first-order chi connectivity index (χ1) is 13.2. The van der Waals surface area contributed by atoms with Crippen LogP contribution in [0.2, 0.25) is 0 Å². The largest absolute Gasteiger partial charge is 0.379 e. The van der Waals surface area contributed by atoms with E-state index in [-0.39, 0.29) is 0 Å². The second-order valence-electron chi connectivity index (χ2n) is 7.51. The number of morpholine rings is 1. The van der Waals surface area contributed by atoms with Crippen LogP contribution in [0.15, 0.2) is 36.4 Å². The van der Waals surface area contributed by atoms with Crippen molar-refractivity contribution in [2.45, 2.75) is 13.0 Å². The summed E-state index contributed by atoms with van der Waals surface area (Å²) in [6, 6.07) is 13.3. The number of rotatable bonds is 4. The minimum Gasteiger partial charge on any atom is -0.379 e. The Morgan fingerprint density at radius 3 is 2.19 bits per heavy atom. The van der Waals surface area contributed by atoms with Gasteiger partial charge in [-0.15, -0.1) is 10.2 Å². The highest BCUT2D eigenvalue weighted by Gasteiger charge is 2.19. The number of aromatic nitrogens is 2. The summed E-state index contributed by atoms with van der Waals surface area (Å²) < 4.78 is 5.46. The fraction of sp³-hybridized carbons (Fsp3) is 0.524. The SMILES string of the molecule is C[C@@H](c1ccc(-c2ccc(N3CCN(C)CC3)nn2)cc1)N1CCOCC1. The molecule has 0 aliphatic carbocycles. The zero-order valence-electron chi connectivity index (χ0n) is 16.3. The summed E-state index contributed by atoms with van der Waals surface area (Å²) in [4.78, 5) is 7.13. The lowest BCUT2D eigenvalue weighted by atomic mass is 10.0. The van der Waals surface area contributed by atoms with Gasteiger partial charge in [0.1, 0.15) is 0 Å². The molecule has 144 valence electrons. The molecule has 6 nitrogen and oxygen atoms in total. The highest BCUT2D eigenvalue weighted by Crippen LogP contribution is 2.25. The van der Waals surface area contributed by atoms with Crippen molar-refractivity contribution in [3.63, 3.8) is 0 Å². The van der Waals surface area contributed by atoms with Crippen molar-refractivity contribution in [3.8, 4) is 11.3 Å². The summed E-state index contributed by atoms with van der Waals surface area (Å²) >= 11 is 0. The molecule has 2 aromatic rings. The van der Waals surface area contributed by atoms with E-state index in [1.54, 1.807) is 0 Å². The Morgan fingerprint density at radius 1 is 0.852 bits per heavy atom. The van der Waals surface area contributed by atoms with Crippen LogP contribution in [0.1, 0.15) is 18.5 Å². The first kappa shape index (κ1) is 18.3. The predicted molar refractivity (Wildman–Crippen MR) is 108 cm³/mol. The van der Waals surface area contributed by atoms with E-state index in [0.29, 0.717) is 6.04 Å². The van der Waals surface area contributed by atoms with Crippen LogP contribution in [0.4, 0.5) is 5.82 Å². The normalized spacial score (nSPS) is 20.6. The summed E-state index contributed by atoms with van der Waals surface area (Å²) in [7, 11) is 2.16. The molecule has 0 amide bonds. The monoisotopic (exact) mass is 367 g/mol. The van der Waals surface area contributed by atoms with Crippen molar-refractivity contribution in [3.05, 3.63) is 42.0 Å². The summed E-state index contributed by atoms with van der Waals surface area (Å²) in [5, 5.41) is 8.95. The van der Waals surface area contributed by atoms with E-state index in [1.165, 1.54) is 5.56 Å². The van der Waals surface area contributed by atoms with Crippen LogP contribution in [-0.4, -0.2) is 79.5 Å². The number of likely N-dealkylation sites (N-methyl/N-ethyl adjacent to an activating group) is 1. The quantitative estimate of drug-likeness (QED) is 0.826. The maximum atomic E-state index is 5.46. The van der Waals surface area contributed by atoms with Crippen molar-refractivity contribution >= 4 is 5.82 Å².